The first-order valence-electron chi connectivity index (χ1n) is 7.99. The molecule has 2 aliphatic rings. The second kappa shape index (κ2) is 8.04. The third-order valence-electron chi connectivity index (χ3n) is 4.70. The van der Waals surface area contributed by atoms with Crippen LogP contribution in [0.5, 0.6) is 11.5 Å². The summed E-state index contributed by atoms with van der Waals surface area (Å²) < 4.78 is 11.6. The van der Waals surface area contributed by atoms with Crippen molar-refractivity contribution in [3.05, 3.63) is 23.8 Å². The minimum Gasteiger partial charge on any atom is -0.493 e. The number of nitrogens with zero attached hydrogens (tertiary/aromatic N) is 1. The molecule has 22 heavy (non-hydrogen) atoms. The van der Waals surface area contributed by atoms with Crippen molar-refractivity contribution in [3.63, 3.8) is 0 Å². The number of piperidine rings is 1. The van der Waals surface area contributed by atoms with E-state index in [2.05, 4.69) is 11.0 Å². The van der Waals surface area contributed by atoms with Crippen LogP contribution in [0.2, 0.25) is 0 Å². The third kappa shape index (κ3) is 3.67. The van der Waals surface area contributed by atoms with Crippen LogP contribution in [-0.2, 0) is 6.42 Å². The summed E-state index contributed by atoms with van der Waals surface area (Å²) in [4.78, 5) is 2.40. The van der Waals surface area contributed by atoms with Gasteiger partial charge in [-0.05, 0) is 43.9 Å². The van der Waals surface area contributed by atoms with E-state index in [1.54, 1.807) is 7.11 Å². The predicted octanol–water partition coefficient (Wildman–Crippen LogP) is 2.66. The Morgan fingerprint density at radius 1 is 1.32 bits per heavy atom. The van der Waals surface area contributed by atoms with E-state index in [4.69, 9.17) is 9.47 Å². The Labute approximate surface area is 138 Å². The first kappa shape index (κ1) is 17.4. The average Bonchev–Trinajstić information content (AvgIpc) is 2.54. The van der Waals surface area contributed by atoms with Gasteiger partial charge in [-0.1, -0.05) is 18.6 Å². The second-order valence-corrected chi connectivity index (χ2v) is 6.05. The number of fused-ring (bicyclic) bond motifs is 1. The molecule has 0 radical (unpaired) electrons. The molecule has 2 aliphatic heterocycles. The number of methoxy groups -OCH3 is 1. The maximum atomic E-state index is 9.53. The van der Waals surface area contributed by atoms with E-state index in [0.717, 1.165) is 43.9 Å². The van der Waals surface area contributed by atoms with Gasteiger partial charge in [0.15, 0.2) is 11.5 Å². The van der Waals surface area contributed by atoms with Crippen molar-refractivity contribution in [2.75, 3.05) is 26.8 Å². The van der Waals surface area contributed by atoms with Crippen molar-refractivity contribution in [1.29, 1.82) is 0 Å². The topological polar surface area (TPSA) is 41.9 Å². The van der Waals surface area contributed by atoms with Crippen LogP contribution in [0, 0.1) is 0 Å². The number of ether oxygens (including phenoxy) is 2. The van der Waals surface area contributed by atoms with Crippen LogP contribution < -0.4 is 9.47 Å². The fourth-order valence-corrected chi connectivity index (χ4v) is 3.49. The smallest absolute Gasteiger partial charge is 0.164 e. The van der Waals surface area contributed by atoms with Gasteiger partial charge in [0.05, 0.1) is 13.7 Å². The molecule has 5 heteroatoms. The van der Waals surface area contributed by atoms with Crippen molar-refractivity contribution in [2.24, 2.45) is 0 Å². The van der Waals surface area contributed by atoms with Crippen molar-refractivity contribution < 1.29 is 14.6 Å². The molecule has 0 aliphatic carbocycles. The van der Waals surface area contributed by atoms with Crippen LogP contribution >= 0.6 is 12.4 Å². The summed E-state index contributed by atoms with van der Waals surface area (Å²) >= 11 is 0. The standard InChI is InChI=1S/C17H25NO3.ClH/c1-20-16-7-4-5-13-8-9-15(21-17(13)16)11-18-10-3-2-6-14(18)12-19;/h4-5,7,14-15,19H,2-3,6,8-12H2,1H3;1H. The van der Waals surface area contributed by atoms with Gasteiger partial charge in [-0.15, -0.1) is 12.4 Å². The van der Waals surface area contributed by atoms with E-state index in [1.165, 1.54) is 18.4 Å². The van der Waals surface area contributed by atoms with E-state index in [0.29, 0.717) is 6.04 Å². The highest BCUT2D eigenvalue weighted by Gasteiger charge is 2.28. The van der Waals surface area contributed by atoms with E-state index < -0.39 is 0 Å². The van der Waals surface area contributed by atoms with Crippen LogP contribution in [0.1, 0.15) is 31.2 Å². The van der Waals surface area contributed by atoms with Crippen LogP contribution in [0.15, 0.2) is 18.2 Å². The Bertz CT molecular complexity index is 469. The zero-order valence-electron chi connectivity index (χ0n) is 13.2. The second-order valence-electron chi connectivity index (χ2n) is 6.05. The largest absolute Gasteiger partial charge is 0.493 e. The Morgan fingerprint density at radius 3 is 2.95 bits per heavy atom. The summed E-state index contributed by atoms with van der Waals surface area (Å²) in [5.74, 6) is 1.74. The van der Waals surface area contributed by atoms with Gasteiger partial charge in [-0.25, -0.2) is 0 Å². The number of benzene rings is 1. The summed E-state index contributed by atoms with van der Waals surface area (Å²) in [5.41, 5.74) is 1.24. The van der Waals surface area contributed by atoms with Gasteiger partial charge in [-0.2, -0.15) is 0 Å². The van der Waals surface area contributed by atoms with Gasteiger partial charge in [0, 0.05) is 12.6 Å². The quantitative estimate of drug-likeness (QED) is 0.923. The molecule has 0 aromatic heterocycles. The lowest BCUT2D eigenvalue weighted by molar-refractivity contribution is 0.0431. The molecule has 1 N–H and O–H groups in total. The molecule has 0 spiro atoms. The fraction of sp³-hybridized carbons (Fsp3) is 0.647. The van der Waals surface area contributed by atoms with Crippen LogP contribution in [0.3, 0.4) is 0 Å². The van der Waals surface area contributed by atoms with Crippen molar-refractivity contribution in [3.8, 4) is 11.5 Å². The van der Waals surface area contributed by atoms with Crippen LogP contribution in [0.4, 0.5) is 0 Å². The average molecular weight is 328 g/mol. The zero-order valence-corrected chi connectivity index (χ0v) is 14.0. The highest BCUT2D eigenvalue weighted by atomic mass is 35.5. The summed E-state index contributed by atoms with van der Waals surface area (Å²) in [6.07, 6.45) is 5.82. The lowest BCUT2D eigenvalue weighted by Crippen LogP contribution is -2.47. The first-order chi connectivity index (χ1) is 10.3. The van der Waals surface area contributed by atoms with Crippen molar-refractivity contribution in [1.82, 2.24) is 4.90 Å². The summed E-state index contributed by atoms with van der Waals surface area (Å²) in [6, 6.07) is 6.40. The number of hydrogen-bond acceptors (Lipinski definition) is 4. The van der Waals surface area contributed by atoms with E-state index in [9.17, 15) is 5.11 Å². The van der Waals surface area contributed by atoms with Gasteiger partial charge in [0.2, 0.25) is 0 Å². The van der Waals surface area contributed by atoms with E-state index >= 15 is 0 Å². The number of likely N-dealkylation sites (tertiary alicyclic amines) is 1. The lowest BCUT2D eigenvalue weighted by atomic mass is 9.98. The summed E-state index contributed by atoms with van der Waals surface area (Å²) in [6.45, 7) is 2.24. The number of para-hydroxylation sites is 1. The molecule has 0 saturated carbocycles. The molecule has 2 heterocycles. The number of hydrogen-bond donors (Lipinski definition) is 1. The van der Waals surface area contributed by atoms with Gasteiger partial charge in [0.25, 0.3) is 0 Å². The molecule has 124 valence electrons. The predicted molar refractivity (Wildman–Crippen MR) is 89.3 cm³/mol. The first-order valence-corrected chi connectivity index (χ1v) is 7.99. The number of aryl methyl sites for hydroxylation is 1. The molecule has 3 rings (SSSR count). The molecular weight excluding hydrogens is 302 g/mol. The lowest BCUT2D eigenvalue weighted by Gasteiger charge is -2.38. The van der Waals surface area contributed by atoms with Crippen molar-refractivity contribution in [2.45, 2.75) is 44.2 Å². The molecule has 1 aromatic carbocycles. The van der Waals surface area contributed by atoms with E-state index in [1.807, 2.05) is 12.1 Å². The highest BCUT2D eigenvalue weighted by Crippen LogP contribution is 2.36. The maximum absolute atomic E-state index is 9.53. The van der Waals surface area contributed by atoms with Crippen LogP contribution in [0.25, 0.3) is 0 Å². The number of aliphatic hydroxyl groups is 1. The molecule has 1 aromatic rings. The molecule has 4 nitrogen and oxygen atoms in total. The maximum Gasteiger partial charge on any atom is 0.164 e. The summed E-state index contributed by atoms with van der Waals surface area (Å²) in [5, 5.41) is 9.53. The SMILES string of the molecule is COc1cccc2c1OC(CN1CCCCC1CO)CC2.Cl. The molecule has 1 fully saturated rings. The Balaban J connectivity index is 0.00000176. The summed E-state index contributed by atoms with van der Waals surface area (Å²) in [7, 11) is 1.69. The minimum atomic E-state index is 0. The van der Waals surface area contributed by atoms with Crippen LogP contribution in [-0.4, -0.2) is 49.0 Å². The van der Waals surface area contributed by atoms with Gasteiger partial charge in [-0.3, -0.25) is 4.90 Å². The van der Waals surface area contributed by atoms with Gasteiger partial charge < -0.3 is 14.6 Å². The zero-order chi connectivity index (χ0) is 14.7. The number of rotatable bonds is 4. The molecule has 2 atom stereocenters. The Morgan fingerprint density at radius 2 is 2.18 bits per heavy atom. The Kier molecular flexibility index (Phi) is 6.36. The van der Waals surface area contributed by atoms with Gasteiger partial charge >= 0.3 is 0 Å². The third-order valence-corrected chi connectivity index (χ3v) is 4.70. The Hall–Kier alpha value is -0.970. The molecule has 0 amide bonds. The molecular formula is C17H26ClNO3. The molecule has 2 unspecified atom stereocenters. The monoisotopic (exact) mass is 327 g/mol. The number of halogens is 1. The fourth-order valence-electron chi connectivity index (χ4n) is 3.49. The van der Waals surface area contributed by atoms with Crippen molar-refractivity contribution >= 4 is 12.4 Å². The minimum absolute atomic E-state index is 0. The van der Waals surface area contributed by atoms with E-state index in [-0.39, 0.29) is 25.1 Å². The normalized spacial score (nSPS) is 24.8. The highest BCUT2D eigenvalue weighted by molar-refractivity contribution is 5.85. The molecule has 1 saturated heterocycles. The van der Waals surface area contributed by atoms with Gasteiger partial charge in [0.1, 0.15) is 6.10 Å². The molecule has 0 bridgehead atoms. The number of aliphatic hydroxyl groups excluding tert-OH is 1.